The molecule has 0 bridgehead atoms. The molecule has 0 saturated carbocycles. The number of alkyl halides is 1. The van der Waals surface area contributed by atoms with Crippen molar-refractivity contribution < 1.29 is 4.79 Å². The fraction of sp³-hybridized carbons (Fsp3) is 0.368. The van der Waals surface area contributed by atoms with Gasteiger partial charge in [-0.2, -0.15) is 0 Å². The third kappa shape index (κ3) is 3.93. The number of rotatable bonds is 6. The Labute approximate surface area is 172 Å². The van der Waals surface area contributed by atoms with Gasteiger partial charge < -0.3 is 5.73 Å². The summed E-state index contributed by atoms with van der Waals surface area (Å²) in [6.07, 6.45) is 8.22. The monoisotopic (exact) mass is 422 g/mol. The Morgan fingerprint density at radius 2 is 2.15 bits per heavy atom. The van der Waals surface area contributed by atoms with Gasteiger partial charge in [-0.3, -0.25) is 4.79 Å². The molecular weight excluding hydrogens is 403 g/mol. The summed E-state index contributed by atoms with van der Waals surface area (Å²) in [6.45, 7) is 3.99. The molecule has 0 saturated heterocycles. The molecular formula is C19H20Cl2N4OS. The summed E-state index contributed by atoms with van der Waals surface area (Å²) in [5.74, 6) is -0.512. The number of aromatic nitrogens is 3. The lowest BCUT2D eigenvalue weighted by molar-refractivity contribution is -0.114. The third-order valence-electron chi connectivity index (χ3n) is 4.62. The fourth-order valence-corrected chi connectivity index (χ4v) is 5.06. The summed E-state index contributed by atoms with van der Waals surface area (Å²) < 4.78 is 0. The predicted molar refractivity (Wildman–Crippen MR) is 110 cm³/mol. The Bertz CT molecular complexity index is 904. The van der Waals surface area contributed by atoms with Crippen LogP contribution in [0.4, 0.5) is 0 Å². The maximum atomic E-state index is 11.8. The molecule has 8 heteroatoms. The van der Waals surface area contributed by atoms with E-state index in [9.17, 15) is 4.79 Å². The third-order valence-corrected chi connectivity index (χ3v) is 6.60. The van der Waals surface area contributed by atoms with Crippen molar-refractivity contribution >= 4 is 40.4 Å². The zero-order valence-corrected chi connectivity index (χ0v) is 17.4. The van der Waals surface area contributed by atoms with Crippen molar-refractivity contribution in [2.45, 2.75) is 43.9 Å². The second-order valence-electron chi connectivity index (χ2n) is 6.58. The zero-order valence-electron chi connectivity index (χ0n) is 15.1. The number of unbranched alkanes of at least 4 members (excludes halogenated alkanes) is 1. The highest BCUT2D eigenvalue weighted by molar-refractivity contribution is 7.14. The highest BCUT2D eigenvalue weighted by Crippen LogP contribution is 2.45. The average Bonchev–Trinajstić information content (AvgIpc) is 3.10. The van der Waals surface area contributed by atoms with Crippen LogP contribution >= 0.6 is 34.5 Å². The van der Waals surface area contributed by atoms with Gasteiger partial charge in [0.05, 0.1) is 10.8 Å². The summed E-state index contributed by atoms with van der Waals surface area (Å²) in [5, 5.41) is 10.1. The molecule has 2 aromatic rings. The molecule has 0 aromatic carbocycles. The van der Waals surface area contributed by atoms with E-state index in [-0.39, 0.29) is 0 Å². The van der Waals surface area contributed by atoms with Gasteiger partial charge in [-0.05, 0) is 25.5 Å². The molecule has 2 heterocycles. The number of carbonyl (C=O) groups is 1. The number of pyridine rings is 1. The summed E-state index contributed by atoms with van der Waals surface area (Å²) in [7, 11) is 0. The topological polar surface area (TPSA) is 81.8 Å². The lowest BCUT2D eigenvalue weighted by Gasteiger charge is -2.35. The number of hydrogen-bond acceptors (Lipinski definition) is 5. The van der Waals surface area contributed by atoms with E-state index in [1.807, 2.05) is 25.1 Å². The molecule has 27 heavy (non-hydrogen) atoms. The number of hydrogen-bond donors (Lipinski definition) is 1. The number of nitrogens with two attached hydrogens (primary N) is 1. The quantitative estimate of drug-likeness (QED) is 0.545. The van der Waals surface area contributed by atoms with Crippen LogP contribution in [0.1, 0.15) is 36.9 Å². The molecule has 3 rings (SSSR count). The second kappa shape index (κ2) is 8.09. The second-order valence-corrected chi connectivity index (χ2v) is 8.39. The van der Waals surface area contributed by atoms with Gasteiger partial charge in [0.15, 0.2) is 0 Å². The van der Waals surface area contributed by atoms with Crippen molar-refractivity contribution in [1.29, 1.82) is 0 Å². The van der Waals surface area contributed by atoms with E-state index in [1.54, 1.807) is 12.1 Å². The molecule has 0 aliphatic heterocycles. The van der Waals surface area contributed by atoms with Crippen molar-refractivity contribution in [2.24, 2.45) is 5.73 Å². The molecule has 142 valence electrons. The molecule has 0 radical (unpaired) electrons. The minimum absolute atomic E-state index is 0.398. The molecule has 0 fully saturated rings. The van der Waals surface area contributed by atoms with Crippen LogP contribution in [0, 0.1) is 6.92 Å². The molecule has 2 unspecified atom stereocenters. The Morgan fingerprint density at radius 1 is 1.37 bits per heavy atom. The van der Waals surface area contributed by atoms with Gasteiger partial charge in [0, 0.05) is 16.8 Å². The van der Waals surface area contributed by atoms with Crippen LogP contribution in [0.25, 0.3) is 10.6 Å². The molecule has 2 atom stereocenters. The summed E-state index contributed by atoms with van der Waals surface area (Å²) in [6, 6.07) is 3.68. The molecule has 1 amide bonds. The van der Waals surface area contributed by atoms with Crippen LogP contribution in [-0.2, 0) is 10.2 Å². The van der Waals surface area contributed by atoms with Gasteiger partial charge in [0.2, 0.25) is 5.91 Å². The highest BCUT2D eigenvalue weighted by Gasteiger charge is 2.44. The molecule has 5 nitrogen and oxygen atoms in total. The minimum Gasteiger partial charge on any atom is -0.366 e. The van der Waals surface area contributed by atoms with Crippen molar-refractivity contribution in [2.75, 3.05) is 0 Å². The Balaban J connectivity index is 2.05. The van der Waals surface area contributed by atoms with E-state index in [0.29, 0.717) is 10.7 Å². The molecule has 1 aliphatic rings. The molecule has 1 aliphatic carbocycles. The number of amides is 1. The van der Waals surface area contributed by atoms with Crippen molar-refractivity contribution in [3.63, 3.8) is 0 Å². The number of allylic oxidation sites excluding steroid dienone is 3. The first-order valence-corrected chi connectivity index (χ1v) is 10.3. The normalized spacial score (nSPS) is 21.9. The number of primary amides is 1. The predicted octanol–water partition coefficient (Wildman–Crippen LogP) is 4.58. The smallest absolute Gasteiger partial charge is 0.246 e. The number of carbonyl (C=O) groups excluding carboxylic acids is 1. The number of aryl methyl sites for hydroxylation is 1. The van der Waals surface area contributed by atoms with Gasteiger partial charge in [-0.25, -0.2) is 4.98 Å². The van der Waals surface area contributed by atoms with E-state index < -0.39 is 16.7 Å². The maximum Gasteiger partial charge on any atom is 0.246 e. The fourth-order valence-electron chi connectivity index (χ4n) is 3.22. The van der Waals surface area contributed by atoms with Crippen LogP contribution < -0.4 is 5.73 Å². The standard InChI is InChI=1S/C19H20Cl2N4OS/c1-3-4-7-19(8-5-6-13(15(19)21)16(22)26)18-25-24-17(27-18)12-9-11(2)23-14(20)10-12/h5-6,8-10,15H,3-4,7H2,1-2H3,(H2,22,26). The van der Waals surface area contributed by atoms with E-state index in [2.05, 4.69) is 22.1 Å². The van der Waals surface area contributed by atoms with Crippen LogP contribution in [-0.4, -0.2) is 26.5 Å². The number of nitrogens with zero attached hydrogens (tertiary/aromatic N) is 3. The summed E-state index contributed by atoms with van der Waals surface area (Å²) >= 11 is 14.3. The molecule has 2 aromatic heterocycles. The van der Waals surface area contributed by atoms with Gasteiger partial charge in [0.25, 0.3) is 0 Å². The molecule has 2 N–H and O–H groups in total. The molecule has 0 spiro atoms. The van der Waals surface area contributed by atoms with Gasteiger partial charge >= 0.3 is 0 Å². The van der Waals surface area contributed by atoms with E-state index >= 15 is 0 Å². The lowest BCUT2D eigenvalue weighted by Crippen LogP contribution is -2.40. The van der Waals surface area contributed by atoms with E-state index in [0.717, 1.165) is 40.5 Å². The Morgan fingerprint density at radius 3 is 2.81 bits per heavy atom. The minimum atomic E-state index is -0.613. The van der Waals surface area contributed by atoms with Gasteiger partial charge in [-0.1, -0.05) is 60.9 Å². The first-order chi connectivity index (χ1) is 12.9. The van der Waals surface area contributed by atoms with Crippen LogP contribution in [0.2, 0.25) is 5.15 Å². The van der Waals surface area contributed by atoms with Crippen molar-refractivity contribution in [3.05, 3.63) is 51.8 Å². The lowest BCUT2D eigenvalue weighted by atomic mass is 9.74. The summed E-state index contributed by atoms with van der Waals surface area (Å²) in [4.78, 5) is 16.0. The number of halogens is 2. The first kappa shape index (κ1) is 20.0. The van der Waals surface area contributed by atoms with Crippen molar-refractivity contribution in [3.8, 4) is 10.6 Å². The van der Waals surface area contributed by atoms with Gasteiger partial charge in [0.1, 0.15) is 15.2 Å². The van der Waals surface area contributed by atoms with Crippen molar-refractivity contribution in [1.82, 2.24) is 15.2 Å². The van der Waals surface area contributed by atoms with Gasteiger partial charge in [-0.15, -0.1) is 21.8 Å². The van der Waals surface area contributed by atoms with Crippen LogP contribution in [0.3, 0.4) is 0 Å². The maximum absolute atomic E-state index is 11.8. The SMILES string of the molecule is CCCCC1(c2nnc(-c3cc(C)nc(Cl)c3)s2)C=CC=C(C(N)=O)C1Cl. The Hall–Kier alpha value is -1.76. The van der Waals surface area contributed by atoms with Crippen LogP contribution in [0.15, 0.2) is 35.9 Å². The first-order valence-electron chi connectivity index (χ1n) is 8.69. The van der Waals surface area contributed by atoms with E-state index in [4.69, 9.17) is 28.9 Å². The average molecular weight is 423 g/mol. The van der Waals surface area contributed by atoms with E-state index in [1.165, 1.54) is 11.3 Å². The summed E-state index contributed by atoms with van der Waals surface area (Å²) in [5.41, 5.74) is 6.99. The highest BCUT2D eigenvalue weighted by atomic mass is 35.5. The largest absolute Gasteiger partial charge is 0.366 e. The Kier molecular flexibility index (Phi) is 5.99. The zero-order chi connectivity index (χ0) is 19.6. The van der Waals surface area contributed by atoms with Crippen LogP contribution in [0.5, 0.6) is 0 Å².